The highest BCUT2D eigenvalue weighted by atomic mass is 16.5. The lowest BCUT2D eigenvalue weighted by atomic mass is 10.1. The van der Waals surface area contributed by atoms with E-state index in [1.54, 1.807) is 0 Å². The zero-order valence-electron chi connectivity index (χ0n) is 16.4. The number of carbonyl (C=O) groups excluding carboxylic acids is 2. The molecule has 8 heteroatoms. The van der Waals surface area contributed by atoms with Crippen LogP contribution in [0.25, 0.3) is 0 Å². The first-order valence-corrected chi connectivity index (χ1v) is 9.68. The number of rotatable bonds is 8. The van der Waals surface area contributed by atoms with Gasteiger partial charge >= 0.3 is 0 Å². The van der Waals surface area contributed by atoms with E-state index in [0.29, 0.717) is 35.7 Å². The van der Waals surface area contributed by atoms with Crippen LogP contribution in [0.15, 0.2) is 12.1 Å². The Labute approximate surface area is 164 Å². The minimum atomic E-state index is -0.294. The summed E-state index contributed by atoms with van der Waals surface area (Å²) >= 11 is 0. The molecule has 2 aliphatic rings. The van der Waals surface area contributed by atoms with Crippen LogP contribution in [-0.2, 0) is 9.47 Å². The summed E-state index contributed by atoms with van der Waals surface area (Å²) in [7, 11) is 2.93. The molecule has 0 saturated carbocycles. The van der Waals surface area contributed by atoms with Gasteiger partial charge in [-0.1, -0.05) is 0 Å². The van der Waals surface area contributed by atoms with E-state index < -0.39 is 0 Å². The lowest BCUT2D eigenvalue weighted by Gasteiger charge is -2.16. The van der Waals surface area contributed by atoms with Crippen molar-refractivity contribution in [1.82, 2.24) is 10.6 Å². The predicted octanol–water partition coefficient (Wildman–Crippen LogP) is 1.52. The first-order chi connectivity index (χ1) is 13.6. The molecule has 0 bridgehead atoms. The van der Waals surface area contributed by atoms with Gasteiger partial charge in [0.15, 0.2) is 0 Å². The van der Waals surface area contributed by atoms with Crippen LogP contribution in [0.5, 0.6) is 11.5 Å². The number of hydrogen-bond acceptors (Lipinski definition) is 6. The largest absolute Gasteiger partial charge is 0.496 e. The SMILES string of the molecule is COc1cc(C(=O)NC[C@H]2CCCO2)c(OC)cc1C(=O)NC[C@H]1CCCO1. The Morgan fingerprint density at radius 2 is 1.32 bits per heavy atom. The van der Waals surface area contributed by atoms with Crippen molar-refractivity contribution < 1.29 is 28.5 Å². The summed E-state index contributed by atoms with van der Waals surface area (Å²) in [6.45, 7) is 2.34. The molecule has 2 atom stereocenters. The molecule has 3 rings (SSSR count). The van der Waals surface area contributed by atoms with E-state index in [2.05, 4.69) is 10.6 Å². The summed E-state index contributed by atoms with van der Waals surface area (Å²) in [5.74, 6) is 0.0368. The van der Waals surface area contributed by atoms with E-state index in [-0.39, 0.29) is 24.0 Å². The van der Waals surface area contributed by atoms with Crippen molar-refractivity contribution in [2.45, 2.75) is 37.9 Å². The second-order valence-electron chi connectivity index (χ2n) is 6.94. The normalized spacial score (nSPS) is 21.4. The van der Waals surface area contributed by atoms with Crippen LogP contribution < -0.4 is 20.1 Å². The smallest absolute Gasteiger partial charge is 0.255 e. The maximum absolute atomic E-state index is 12.6. The lowest BCUT2D eigenvalue weighted by molar-refractivity contribution is 0.0846. The van der Waals surface area contributed by atoms with Crippen molar-refractivity contribution in [3.05, 3.63) is 23.3 Å². The Morgan fingerprint density at radius 3 is 1.64 bits per heavy atom. The highest BCUT2D eigenvalue weighted by molar-refractivity contribution is 6.02. The minimum Gasteiger partial charge on any atom is -0.496 e. The predicted molar refractivity (Wildman–Crippen MR) is 102 cm³/mol. The van der Waals surface area contributed by atoms with Crippen LogP contribution in [0, 0.1) is 0 Å². The summed E-state index contributed by atoms with van der Waals surface area (Å²) in [4.78, 5) is 25.2. The van der Waals surface area contributed by atoms with Crippen LogP contribution in [0.4, 0.5) is 0 Å². The molecule has 0 aliphatic carbocycles. The zero-order chi connectivity index (χ0) is 19.9. The Morgan fingerprint density at radius 1 is 0.893 bits per heavy atom. The molecule has 2 saturated heterocycles. The van der Waals surface area contributed by atoms with Gasteiger partial charge in [-0.3, -0.25) is 9.59 Å². The molecule has 2 heterocycles. The van der Waals surface area contributed by atoms with Gasteiger partial charge in [0.05, 0.1) is 37.6 Å². The monoisotopic (exact) mass is 392 g/mol. The lowest BCUT2D eigenvalue weighted by Crippen LogP contribution is -2.33. The molecule has 0 aromatic heterocycles. The number of methoxy groups -OCH3 is 2. The van der Waals surface area contributed by atoms with E-state index in [9.17, 15) is 9.59 Å². The minimum absolute atomic E-state index is 0.0414. The average molecular weight is 392 g/mol. The maximum atomic E-state index is 12.6. The van der Waals surface area contributed by atoms with Crippen LogP contribution in [0.2, 0.25) is 0 Å². The third-order valence-corrected chi connectivity index (χ3v) is 5.04. The number of carbonyl (C=O) groups is 2. The summed E-state index contributed by atoms with van der Waals surface area (Å²) in [6.07, 6.45) is 3.97. The second-order valence-corrected chi connectivity index (χ2v) is 6.94. The Kier molecular flexibility index (Phi) is 7.11. The molecule has 2 amide bonds. The highest BCUT2D eigenvalue weighted by Crippen LogP contribution is 2.29. The van der Waals surface area contributed by atoms with E-state index in [1.807, 2.05) is 0 Å². The van der Waals surface area contributed by atoms with Crippen LogP contribution in [-0.4, -0.2) is 64.5 Å². The van der Waals surface area contributed by atoms with E-state index in [4.69, 9.17) is 18.9 Å². The molecule has 0 unspecified atom stereocenters. The molecule has 1 aromatic carbocycles. The molecular formula is C20H28N2O6. The molecular weight excluding hydrogens is 364 g/mol. The molecule has 1 aromatic rings. The van der Waals surface area contributed by atoms with Crippen LogP contribution >= 0.6 is 0 Å². The van der Waals surface area contributed by atoms with E-state index in [1.165, 1.54) is 26.4 Å². The van der Waals surface area contributed by atoms with Gasteiger partial charge in [0.2, 0.25) is 0 Å². The maximum Gasteiger partial charge on any atom is 0.255 e. The molecule has 154 valence electrons. The number of benzene rings is 1. The topological polar surface area (TPSA) is 95.1 Å². The van der Waals surface area contributed by atoms with Crippen LogP contribution in [0.1, 0.15) is 46.4 Å². The second kappa shape index (κ2) is 9.75. The first-order valence-electron chi connectivity index (χ1n) is 9.68. The fourth-order valence-electron chi connectivity index (χ4n) is 3.47. The standard InChI is InChI=1S/C20H28N2O6/c1-25-17-9-16(20(24)22-12-14-6-4-8-28-14)18(26-2)10-15(17)19(23)21-11-13-5-3-7-27-13/h9-10,13-14H,3-8,11-12H2,1-2H3,(H,21,23)(H,22,24)/t13-,14-/m1/s1. The van der Waals surface area contributed by atoms with Crippen molar-refractivity contribution in [2.75, 3.05) is 40.5 Å². The third kappa shape index (κ3) is 4.94. The van der Waals surface area contributed by atoms with E-state index >= 15 is 0 Å². The van der Waals surface area contributed by atoms with Crippen molar-refractivity contribution >= 4 is 11.8 Å². The molecule has 2 fully saturated rings. The summed E-state index contributed by atoms with van der Waals surface area (Å²) in [5.41, 5.74) is 0.626. The highest BCUT2D eigenvalue weighted by Gasteiger charge is 2.23. The quantitative estimate of drug-likeness (QED) is 0.697. The van der Waals surface area contributed by atoms with E-state index in [0.717, 1.165) is 38.9 Å². The Bertz CT molecular complexity index is 636. The summed E-state index contributed by atoms with van der Waals surface area (Å²) in [6, 6.07) is 3.06. The first kappa shape index (κ1) is 20.4. The van der Waals surface area contributed by atoms with Crippen molar-refractivity contribution in [3.63, 3.8) is 0 Å². The van der Waals surface area contributed by atoms with Crippen LogP contribution in [0.3, 0.4) is 0 Å². The van der Waals surface area contributed by atoms with Gasteiger partial charge in [-0.2, -0.15) is 0 Å². The van der Waals surface area contributed by atoms with Gasteiger partial charge in [0, 0.05) is 26.3 Å². The zero-order valence-corrected chi connectivity index (χ0v) is 16.4. The molecule has 0 spiro atoms. The van der Waals surface area contributed by atoms with Gasteiger partial charge in [-0.15, -0.1) is 0 Å². The van der Waals surface area contributed by atoms with Gasteiger partial charge in [-0.05, 0) is 37.8 Å². The number of hydrogen-bond donors (Lipinski definition) is 2. The number of amides is 2. The van der Waals surface area contributed by atoms with Gasteiger partial charge in [0.25, 0.3) is 11.8 Å². The van der Waals surface area contributed by atoms with Crippen molar-refractivity contribution in [3.8, 4) is 11.5 Å². The summed E-state index contributed by atoms with van der Waals surface area (Å²) in [5, 5.41) is 5.72. The van der Waals surface area contributed by atoms with Gasteiger partial charge in [0.1, 0.15) is 11.5 Å². The summed E-state index contributed by atoms with van der Waals surface area (Å²) < 4.78 is 21.8. The molecule has 2 N–H and O–H groups in total. The molecule has 2 aliphatic heterocycles. The van der Waals surface area contributed by atoms with Gasteiger partial charge < -0.3 is 29.6 Å². The Balaban J connectivity index is 1.70. The number of ether oxygens (including phenoxy) is 4. The molecule has 8 nitrogen and oxygen atoms in total. The molecule has 0 radical (unpaired) electrons. The van der Waals surface area contributed by atoms with Crippen molar-refractivity contribution in [2.24, 2.45) is 0 Å². The fourth-order valence-corrected chi connectivity index (χ4v) is 3.47. The van der Waals surface area contributed by atoms with Gasteiger partial charge in [-0.25, -0.2) is 0 Å². The Hall–Kier alpha value is -2.32. The third-order valence-electron chi connectivity index (χ3n) is 5.04. The average Bonchev–Trinajstić information content (AvgIpc) is 3.43. The fraction of sp³-hybridized carbons (Fsp3) is 0.600. The van der Waals surface area contributed by atoms with Crippen molar-refractivity contribution in [1.29, 1.82) is 0 Å². The number of nitrogens with one attached hydrogen (secondary N) is 2. The molecule has 28 heavy (non-hydrogen) atoms.